The Morgan fingerprint density at radius 3 is 2.75 bits per heavy atom. The van der Waals surface area contributed by atoms with Gasteiger partial charge in [-0.05, 0) is 36.8 Å². The number of amides is 1. The average molecular weight is 322 g/mol. The van der Waals surface area contributed by atoms with E-state index in [9.17, 15) is 4.79 Å². The highest BCUT2D eigenvalue weighted by molar-refractivity contribution is 5.93. The van der Waals surface area contributed by atoms with E-state index in [1.54, 1.807) is 12.1 Å². The number of nitrogens with two attached hydrogens (primary N) is 1. The van der Waals surface area contributed by atoms with Crippen molar-refractivity contribution in [2.24, 2.45) is 5.84 Å². The lowest BCUT2D eigenvalue weighted by Crippen LogP contribution is -2.20. The van der Waals surface area contributed by atoms with Crippen LogP contribution in [-0.4, -0.2) is 17.5 Å². The molecular formula is C18H18N4O2. The molecule has 6 heteroatoms. The second-order valence-electron chi connectivity index (χ2n) is 5.32. The molecule has 2 aromatic carbocycles. The minimum atomic E-state index is -0.227. The summed E-state index contributed by atoms with van der Waals surface area (Å²) in [4.78, 5) is 16.5. The molecule has 0 unspecified atom stereocenters. The number of nitrogens with zero attached hydrogens (tertiary/aromatic N) is 1. The molecule has 1 aromatic heterocycles. The normalized spacial score (nSPS) is 10.4. The molecule has 0 bridgehead atoms. The SMILES string of the molecule is Cc1ccccc1NC(=O)COc1cccc2ccc(NN)nc12. The number of benzene rings is 2. The highest BCUT2D eigenvalue weighted by Crippen LogP contribution is 2.25. The van der Waals surface area contributed by atoms with Gasteiger partial charge >= 0.3 is 0 Å². The Balaban J connectivity index is 1.73. The van der Waals surface area contributed by atoms with Crippen molar-refractivity contribution >= 4 is 28.3 Å². The first-order chi connectivity index (χ1) is 11.7. The van der Waals surface area contributed by atoms with Crippen molar-refractivity contribution in [1.29, 1.82) is 0 Å². The topological polar surface area (TPSA) is 89.3 Å². The molecule has 0 saturated carbocycles. The van der Waals surface area contributed by atoms with Crippen molar-refractivity contribution < 1.29 is 9.53 Å². The lowest BCUT2D eigenvalue weighted by atomic mass is 10.2. The zero-order chi connectivity index (χ0) is 16.9. The first-order valence-electron chi connectivity index (χ1n) is 7.52. The van der Waals surface area contributed by atoms with Gasteiger partial charge in [-0.3, -0.25) is 4.79 Å². The van der Waals surface area contributed by atoms with Crippen LogP contribution in [0.3, 0.4) is 0 Å². The molecule has 0 aliphatic heterocycles. The molecule has 0 saturated heterocycles. The van der Waals surface area contributed by atoms with Gasteiger partial charge in [0, 0.05) is 11.1 Å². The number of pyridine rings is 1. The Kier molecular flexibility index (Phi) is 4.58. The summed E-state index contributed by atoms with van der Waals surface area (Å²) in [6, 6.07) is 16.8. The van der Waals surface area contributed by atoms with Crippen LogP contribution in [0.2, 0.25) is 0 Å². The number of aryl methyl sites for hydroxylation is 1. The fourth-order valence-corrected chi connectivity index (χ4v) is 2.36. The van der Waals surface area contributed by atoms with E-state index in [0.717, 1.165) is 16.6 Å². The molecule has 0 fully saturated rings. The molecule has 24 heavy (non-hydrogen) atoms. The number of rotatable bonds is 5. The molecule has 0 radical (unpaired) electrons. The van der Waals surface area contributed by atoms with Crippen LogP contribution in [-0.2, 0) is 4.79 Å². The number of aromatic nitrogens is 1. The van der Waals surface area contributed by atoms with Gasteiger partial charge < -0.3 is 15.5 Å². The number of hydrazine groups is 1. The lowest BCUT2D eigenvalue weighted by molar-refractivity contribution is -0.118. The van der Waals surface area contributed by atoms with E-state index in [0.29, 0.717) is 17.1 Å². The van der Waals surface area contributed by atoms with Crippen molar-refractivity contribution in [2.75, 3.05) is 17.3 Å². The number of nitrogens with one attached hydrogen (secondary N) is 2. The zero-order valence-electron chi connectivity index (χ0n) is 13.2. The van der Waals surface area contributed by atoms with Gasteiger partial charge in [-0.15, -0.1) is 0 Å². The Morgan fingerprint density at radius 1 is 1.12 bits per heavy atom. The second-order valence-corrected chi connectivity index (χ2v) is 5.32. The summed E-state index contributed by atoms with van der Waals surface area (Å²) in [6.45, 7) is 1.84. The average Bonchev–Trinajstić information content (AvgIpc) is 2.61. The number of carbonyl (C=O) groups is 1. The molecular weight excluding hydrogens is 304 g/mol. The third kappa shape index (κ3) is 3.44. The van der Waals surface area contributed by atoms with Gasteiger partial charge in [0.05, 0.1) is 0 Å². The zero-order valence-corrected chi connectivity index (χ0v) is 13.2. The van der Waals surface area contributed by atoms with Crippen molar-refractivity contribution in [3.8, 4) is 5.75 Å². The van der Waals surface area contributed by atoms with E-state index in [-0.39, 0.29) is 12.5 Å². The molecule has 1 amide bonds. The van der Waals surface area contributed by atoms with E-state index in [1.807, 2.05) is 49.4 Å². The van der Waals surface area contributed by atoms with Crippen LogP contribution in [0.5, 0.6) is 5.75 Å². The maximum Gasteiger partial charge on any atom is 0.262 e. The van der Waals surface area contributed by atoms with Gasteiger partial charge in [0.1, 0.15) is 17.1 Å². The third-order valence-electron chi connectivity index (χ3n) is 3.61. The predicted octanol–water partition coefficient (Wildman–Crippen LogP) is 2.85. The largest absolute Gasteiger partial charge is 0.481 e. The summed E-state index contributed by atoms with van der Waals surface area (Å²) in [5.74, 6) is 6.23. The first kappa shape index (κ1) is 15.8. The standard InChI is InChI=1S/C18H18N4O2/c1-12-5-2-3-7-14(12)20-17(23)11-24-15-8-4-6-13-9-10-16(22-19)21-18(13)15/h2-10H,11,19H2,1H3,(H,20,23)(H,21,22). The van der Waals surface area contributed by atoms with Gasteiger partial charge in [-0.2, -0.15) is 0 Å². The molecule has 6 nitrogen and oxygen atoms in total. The molecule has 0 atom stereocenters. The number of fused-ring (bicyclic) bond motifs is 1. The van der Waals surface area contributed by atoms with Gasteiger partial charge in [0.25, 0.3) is 5.91 Å². The van der Waals surface area contributed by atoms with Crippen molar-refractivity contribution in [3.05, 3.63) is 60.2 Å². The monoisotopic (exact) mass is 322 g/mol. The number of hydrogen-bond acceptors (Lipinski definition) is 5. The van der Waals surface area contributed by atoms with Crippen LogP contribution in [0.1, 0.15) is 5.56 Å². The van der Waals surface area contributed by atoms with E-state index in [4.69, 9.17) is 10.6 Å². The fourth-order valence-electron chi connectivity index (χ4n) is 2.36. The summed E-state index contributed by atoms with van der Waals surface area (Å²) in [5.41, 5.74) is 4.93. The fraction of sp³-hybridized carbons (Fsp3) is 0.111. The minimum Gasteiger partial charge on any atom is -0.481 e. The predicted molar refractivity (Wildman–Crippen MR) is 94.9 cm³/mol. The van der Waals surface area contributed by atoms with Crippen LogP contribution in [0, 0.1) is 6.92 Å². The summed E-state index contributed by atoms with van der Waals surface area (Å²) in [5, 5.41) is 3.74. The van der Waals surface area contributed by atoms with Gasteiger partial charge in [0.2, 0.25) is 0 Å². The Labute approximate surface area is 139 Å². The van der Waals surface area contributed by atoms with Crippen LogP contribution < -0.4 is 21.3 Å². The first-order valence-corrected chi connectivity index (χ1v) is 7.52. The smallest absolute Gasteiger partial charge is 0.262 e. The Hall–Kier alpha value is -3.12. The summed E-state index contributed by atoms with van der Waals surface area (Å²) in [7, 11) is 0. The van der Waals surface area contributed by atoms with Crippen molar-refractivity contribution in [1.82, 2.24) is 4.98 Å². The number of anilines is 2. The third-order valence-corrected chi connectivity index (χ3v) is 3.61. The van der Waals surface area contributed by atoms with Gasteiger partial charge in [-0.25, -0.2) is 10.8 Å². The number of ether oxygens (including phenoxy) is 1. The maximum atomic E-state index is 12.1. The van der Waals surface area contributed by atoms with Crippen LogP contribution in [0.4, 0.5) is 11.5 Å². The van der Waals surface area contributed by atoms with Gasteiger partial charge in [0.15, 0.2) is 6.61 Å². The molecule has 1 heterocycles. The Morgan fingerprint density at radius 2 is 1.96 bits per heavy atom. The van der Waals surface area contributed by atoms with E-state index in [1.165, 1.54) is 0 Å². The number of hydrogen-bond donors (Lipinski definition) is 3. The number of nitrogen functional groups attached to an aromatic ring is 1. The molecule has 0 aliphatic rings. The highest BCUT2D eigenvalue weighted by atomic mass is 16.5. The van der Waals surface area contributed by atoms with E-state index < -0.39 is 0 Å². The van der Waals surface area contributed by atoms with Crippen molar-refractivity contribution in [3.63, 3.8) is 0 Å². The van der Waals surface area contributed by atoms with E-state index >= 15 is 0 Å². The Bertz CT molecular complexity index is 880. The van der Waals surface area contributed by atoms with E-state index in [2.05, 4.69) is 15.7 Å². The van der Waals surface area contributed by atoms with Gasteiger partial charge in [-0.1, -0.05) is 30.3 Å². The second kappa shape index (κ2) is 6.97. The molecule has 0 aliphatic carbocycles. The minimum absolute atomic E-state index is 0.102. The summed E-state index contributed by atoms with van der Waals surface area (Å²) < 4.78 is 5.65. The summed E-state index contributed by atoms with van der Waals surface area (Å²) >= 11 is 0. The molecule has 0 spiro atoms. The van der Waals surface area contributed by atoms with Crippen LogP contribution in [0.15, 0.2) is 54.6 Å². The molecule has 4 N–H and O–H groups in total. The van der Waals surface area contributed by atoms with Crippen LogP contribution >= 0.6 is 0 Å². The quantitative estimate of drug-likeness (QED) is 0.496. The molecule has 122 valence electrons. The summed E-state index contributed by atoms with van der Waals surface area (Å²) in [6.07, 6.45) is 0. The highest BCUT2D eigenvalue weighted by Gasteiger charge is 2.09. The van der Waals surface area contributed by atoms with Crippen molar-refractivity contribution in [2.45, 2.75) is 6.92 Å². The van der Waals surface area contributed by atoms with Crippen LogP contribution in [0.25, 0.3) is 10.9 Å². The molecule has 3 aromatic rings. The number of carbonyl (C=O) groups excluding carboxylic acids is 1. The maximum absolute atomic E-state index is 12.1. The number of para-hydroxylation sites is 2. The lowest BCUT2D eigenvalue weighted by Gasteiger charge is -2.11. The molecule has 3 rings (SSSR count).